The summed E-state index contributed by atoms with van der Waals surface area (Å²) in [6.45, 7) is 9.74. The van der Waals surface area contributed by atoms with E-state index in [9.17, 15) is 5.11 Å². The van der Waals surface area contributed by atoms with E-state index in [4.69, 9.17) is 0 Å². The predicted octanol–water partition coefficient (Wildman–Crippen LogP) is 5.62. The lowest BCUT2D eigenvalue weighted by molar-refractivity contribution is 0.513. The summed E-state index contributed by atoms with van der Waals surface area (Å²) >= 11 is 4.56. The highest BCUT2D eigenvalue weighted by molar-refractivity contribution is 7.80. The van der Waals surface area contributed by atoms with Crippen molar-refractivity contribution in [3.05, 3.63) is 65.7 Å². The lowest BCUT2D eigenvalue weighted by Gasteiger charge is -2.28. The fourth-order valence-corrected chi connectivity index (χ4v) is 2.87. The van der Waals surface area contributed by atoms with Crippen molar-refractivity contribution in [2.45, 2.75) is 38.1 Å². The van der Waals surface area contributed by atoms with Crippen molar-refractivity contribution in [1.82, 2.24) is 0 Å². The summed E-state index contributed by atoms with van der Waals surface area (Å²) in [6.07, 6.45) is 2.27. The zero-order valence-corrected chi connectivity index (χ0v) is 14.8. The van der Waals surface area contributed by atoms with E-state index in [-0.39, 0.29) is 5.76 Å². The third-order valence-electron chi connectivity index (χ3n) is 4.02. The number of rotatable bonds is 7. The SMILES string of the molecule is C=C(O)c1cc(S)c(C)c(N(CCCC)Cc2ccccc2)c1. The molecule has 23 heavy (non-hydrogen) atoms. The van der Waals surface area contributed by atoms with E-state index in [0.717, 1.165) is 47.6 Å². The molecular weight excluding hydrogens is 302 g/mol. The molecule has 0 saturated heterocycles. The molecule has 0 aliphatic rings. The fraction of sp³-hybridized carbons (Fsp3) is 0.300. The van der Waals surface area contributed by atoms with Gasteiger partial charge in [0, 0.05) is 29.2 Å². The Bertz CT molecular complexity index is 667. The number of anilines is 1. The van der Waals surface area contributed by atoms with E-state index in [2.05, 4.69) is 62.2 Å². The van der Waals surface area contributed by atoms with Crippen LogP contribution in [-0.4, -0.2) is 11.7 Å². The van der Waals surface area contributed by atoms with E-state index in [1.165, 1.54) is 5.56 Å². The molecule has 0 aliphatic carbocycles. The first kappa shape index (κ1) is 17.5. The van der Waals surface area contributed by atoms with Crippen LogP contribution in [0.5, 0.6) is 0 Å². The first-order valence-electron chi connectivity index (χ1n) is 8.03. The molecule has 0 aromatic heterocycles. The third-order valence-corrected chi connectivity index (χ3v) is 4.49. The molecule has 0 unspecified atom stereocenters. The number of nitrogens with zero attached hydrogens (tertiary/aromatic N) is 1. The molecular formula is C20H25NOS. The zero-order chi connectivity index (χ0) is 16.8. The van der Waals surface area contributed by atoms with E-state index >= 15 is 0 Å². The number of benzene rings is 2. The van der Waals surface area contributed by atoms with Crippen molar-refractivity contribution >= 4 is 24.1 Å². The third kappa shape index (κ3) is 4.55. The average Bonchev–Trinajstić information content (AvgIpc) is 2.54. The Kier molecular flexibility index (Phi) is 6.17. The maximum Gasteiger partial charge on any atom is 0.115 e. The molecule has 1 N–H and O–H groups in total. The monoisotopic (exact) mass is 327 g/mol. The van der Waals surface area contributed by atoms with Gasteiger partial charge in [0.15, 0.2) is 0 Å². The van der Waals surface area contributed by atoms with Gasteiger partial charge in [-0.1, -0.05) is 50.3 Å². The van der Waals surface area contributed by atoms with Crippen LogP contribution in [-0.2, 0) is 6.54 Å². The van der Waals surface area contributed by atoms with Crippen molar-refractivity contribution in [3.63, 3.8) is 0 Å². The summed E-state index contributed by atoms with van der Waals surface area (Å²) < 4.78 is 0. The Balaban J connectivity index is 2.40. The minimum absolute atomic E-state index is 0.0803. The van der Waals surface area contributed by atoms with Gasteiger partial charge in [0.1, 0.15) is 5.76 Å². The van der Waals surface area contributed by atoms with Gasteiger partial charge < -0.3 is 10.0 Å². The second-order valence-electron chi connectivity index (χ2n) is 5.85. The summed E-state index contributed by atoms with van der Waals surface area (Å²) in [5.74, 6) is 0.0803. The maximum atomic E-state index is 9.76. The van der Waals surface area contributed by atoms with Crippen LogP contribution in [0.25, 0.3) is 5.76 Å². The largest absolute Gasteiger partial charge is 0.508 e. The van der Waals surface area contributed by atoms with Crippen LogP contribution in [0.2, 0.25) is 0 Å². The van der Waals surface area contributed by atoms with E-state index in [0.29, 0.717) is 0 Å². The minimum Gasteiger partial charge on any atom is -0.508 e. The first-order chi connectivity index (χ1) is 11.0. The Morgan fingerprint density at radius 3 is 2.52 bits per heavy atom. The van der Waals surface area contributed by atoms with Crippen LogP contribution in [0.4, 0.5) is 5.69 Å². The van der Waals surface area contributed by atoms with Gasteiger partial charge in [-0.3, -0.25) is 0 Å². The van der Waals surface area contributed by atoms with E-state index in [1.54, 1.807) is 0 Å². The first-order valence-corrected chi connectivity index (χ1v) is 8.48. The Labute approximate surface area is 144 Å². The molecule has 0 aliphatic heterocycles. The summed E-state index contributed by atoms with van der Waals surface area (Å²) in [6, 6.07) is 14.3. The second-order valence-corrected chi connectivity index (χ2v) is 6.33. The molecule has 0 radical (unpaired) electrons. The van der Waals surface area contributed by atoms with Crippen molar-refractivity contribution in [3.8, 4) is 0 Å². The van der Waals surface area contributed by atoms with Crippen LogP contribution >= 0.6 is 12.6 Å². The topological polar surface area (TPSA) is 23.5 Å². The number of hydrogen-bond acceptors (Lipinski definition) is 3. The lowest BCUT2D eigenvalue weighted by Crippen LogP contribution is -2.25. The Morgan fingerprint density at radius 1 is 1.22 bits per heavy atom. The van der Waals surface area contributed by atoms with Gasteiger partial charge in [0.05, 0.1) is 0 Å². The van der Waals surface area contributed by atoms with Crippen LogP contribution in [0.1, 0.15) is 36.5 Å². The van der Waals surface area contributed by atoms with Gasteiger partial charge in [0.2, 0.25) is 0 Å². The zero-order valence-electron chi connectivity index (χ0n) is 13.9. The average molecular weight is 327 g/mol. The van der Waals surface area contributed by atoms with E-state index < -0.39 is 0 Å². The van der Waals surface area contributed by atoms with Crippen LogP contribution in [0.15, 0.2) is 53.9 Å². The van der Waals surface area contributed by atoms with Crippen LogP contribution < -0.4 is 4.90 Å². The molecule has 122 valence electrons. The second kappa shape index (κ2) is 8.11. The molecule has 0 amide bonds. The smallest absolute Gasteiger partial charge is 0.115 e. The number of aliphatic hydroxyl groups is 1. The Hall–Kier alpha value is -1.87. The van der Waals surface area contributed by atoms with Gasteiger partial charge in [-0.05, 0) is 36.6 Å². The number of aliphatic hydroxyl groups excluding tert-OH is 1. The standard InChI is InChI=1S/C20H25NOS/c1-4-5-11-21(14-17-9-7-6-8-10-17)19-12-18(16(3)22)13-20(23)15(19)2/h6-10,12-13,22-23H,3-5,11,14H2,1-2H3. The van der Waals surface area contributed by atoms with Crippen molar-refractivity contribution in [1.29, 1.82) is 0 Å². The van der Waals surface area contributed by atoms with Crippen LogP contribution in [0, 0.1) is 6.92 Å². The lowest BCUT2D eigenvalue weighted by atomic mass is 10.1. The molecule has 3 heteroatoms. The van der Waals surface area contributed by atoms with Gasteiger partial charge >= 0.3 is 0 Å². The molecule has 0 heterocycles. The highest BCUT2D eigenvalue weighted by Crippen LogP contribution is 2.31. The van der Waals surface area contributed by atoms with Gasteiger partial charge in [-0.15, -0.1) is 12.6 Å². The summed E-state index contributed by atoms with van der Waals surface area (Å²) in [5, 5.41) is 9.76. The number of unbranched alkanes of at least 4 members (excludes halogenated alkanes) is 1. The molecule has 0 saturated carbocycles. The molecule has 2 rings (SSSR count). The molecule has 0 spiro atoms. The quantitative estimate of drug-likeness (QED) is 0.509. The van der Waals surface area contributed by atoms with Crippen LogP contribution in [0.3, 0.4) is 0 Å². The molecule has 2 nitrogen and oxygen atoms in total. The molecule has 0 fully saturated rings. The van der Waals surface area contributed by atoms with E-state index in [1.807, 2.05) is 18.2 Å². The number of hydrogen-bond donors (Lipinski definition) is 2. The van der Waals surface area contributed by atoms with Gasteiger partial charge in [-0.25, -0.2) is 0 Å². The predicted molar refractivity (Wildman–Crippen MR) is 102 cm³/mol. The minimum atomic E-state index is 0.0803. The molecule has 0 atom stereocenters. The van der Waals surface area contributed by atoms with Gasteiger partial charge in [0.25, 0.3) is 0 Å². The molecule has 2 aromatic rings. The number of thiol groups is 1. The van der Waals surface area contributed by atoms with Gasteiger partial charge in [-0.2, -0.15) is 0 Å². The summed E-state index contributed by atoms with van der Waals surface area (Å²) in [5.41, 5.74) is 4.24. The fourth-order valence-electron chi connectivity index (χ4n) is 2.62. The Morgan fingerprint density at radius 2 is 1.91 bits per heavy atom. The highest BCUT2D eigenvalue weighted by atomic mass is 32.1. The van der Waals surface area contributed by atoms with Crippen molar-refractivity contribution < 1.29 is 5.11 Å². The molecule has 2 aromatic carbocycles. The molecule has 0 bridgehead atoms. The highest BCUT2D eigenvalue weighted by Gasteiger charge is 2.14. The van der Waals surface area contributed by atoms with Crippen molar-refractivity contribution in [2.24, 2.45) is 0 Å². The maximum absolute atomic E-state index is 9.76. The van der Waals surface area contributed by atoms with Crippen molar-refractivity contribution in [2.75, 3.05) is 11.4 Å². The summed E-state index contributed by atoms with van der Waals surface area (Å²) in [4.78, 5) is 3.24. The normalized spacial score (nSPS) is 10.6. The summed E-state index contributed by atoms with van der Waals surface area (Å²) in [7, 11) is 0.